The minimum absolute atomic E-state index is 0.0537. The summed E-state index contributed by atoms with van der Waals surface area (Å²) in [5.74, 6) is -0.525. The quantitative estimate of drug-likeness (QED) is 0.866. The van der Waals surface area contributed by atoms with Crippen LogP contribution in [0.15, 0.2) is 53.4 Å². The Hall–Kier alpha value is -1.88. The number of anilines is 1. The summed E-state index contributed by atoms with van der Waals surface area (Å²) in [6.45, 7) is 1.59. The average Bonchev–Trinajstić information content (AvgIpc) is 2.41. The maximum Gasteiger partial charge on any atom is 0.264 e. The highest BCUT2D eigenvalue weighted by Crippen LogP contribution is 2.22. The molecule has 0 heterocycles. The largest absolute Gasteiger partial charge is 0.269 e. The van der Waals surface area contributed by atoms with E-state index in [2.05, 4.69) is 0 Å². The molecule has 2 rings (SSSR count). The van der Waals surface area contributed by atoms with E-state index < -0.39 is 15.8 Å². The summed E-state index contributed by atoms with van der Waals surface area (Å²) < 4.78 is 39.3. The van der Waals surface area contributed by atoms with Crippen LogP contribution < -0.4 is 4.31 Å². The van der Waals surface area contributed by atoms with Gasteiger partial charge in [0.25, 0.3) is 10.0 Å². The number of hydrogen-bond acceptors (Lipinski definition) is 2. The molecule has 0 aliphatic rings. The second-order valence-corrected chi connectivity index (χ2v) is 6.19. The molecule has 0 saturated carbocycles. The minimum atomic E-state index is -3.74. The summed E-state index contributed by atoms with van der Waals surface area (Å²) in [5.41, 5.74) is 0.949. The van der Waals surface area contributed by atoms with E-state index in [9.17, 15) is 12.8 Å². The molecule has 0 spiro atoms. The van der Waals surface area contributed by atoms with E-state index in [1.54, 1.807) is 37.3 Å². The van der Waals surface area contributed by atoms with Crippen LogP contribution in [0.2, 0.25) is 0 Å². The van der Waals surface area contributed by atoms with Gasteiger partial charge in [0, 0.05) is 7.05 Å². The molecule has 3 nitrogen and oxygen atoms in total. The molecule has 2 aromatic carbocycles. The molecule has 0 radical (unpaired) electrons. The Bertz CT molecular complexity index is 684. The molecule has 100 valence electrons. The van der Waals surface area contributed by atoms with Gasteiger partial charge in [-0.1, -0.05) is 24.3 Å². The zero-order valence-corrected chi connectivity index (χ0v) is 11.5. The van der Waals surface area contributed by atoms with Crippen molar-refractivity contribution in [2.45, 2.75) is 11.8 Å². The number of rotatable bonds is 3. The Kier molecular flexibility index (Phi) is 3.57. The lowest BCUT2D eigenvalue weighted by atomic mass is 10.2. The van der Waals surface area contributed by atoms with E-state index in [4.69, 9.17) is 0 Å². The van der Waals surface area contributed by atoms with Crippen LogP contribution in [0.5, 0.6) is 0 Å². The van der Waals surface area contributed by atoms with Crippen LogP contribution in [-0.2, 0) is 10.0 Å². The van der Waals surface area contributed by atoms with Crippen molar-refractivity contribution in [1.82, 2.24) is 0 Å². The van der Waals surface area contributed by atoms with Crippen molar-refractivity contribution in [2.75, 3.05) is 11.4 Å². The van der Waals surface area contributed by atoms with E-state index in [1.807, 2.05) is 0 Å². The number of hydrogen-bond donors (Lipinski definition) is 0. The lowest BCUT2D eigenvalue weighted by Gasteiger charge is -2.19. The van der Waals surface area contributed by atoms with Crippen molar-refractivity contribution >= 4 is 15.7 Å². The second-order valence-electron chi connectivity index (χ2n) is 4.22. The monoisotopic (exact) mass is 279 g/mol. The van der Waals surface area contributed by atoms with Gasteiger partial charge in [-0.25, -0.2) is 12.8 Å². The van der Waals surface area contributed by atoms with Crippen molar-refractivity contribution in [1.29, 1.82) is 0 Å². The first-order chi connectivity index (χ1) is 8.93. The van der Waals surface area contributed by atoms with E-state index in [-0.39, 0.29) is 4.90 Å². The van der Waals surface area contributed by atoms with Gasteiger partial charge < -0.3 is 0 Å². The van der Waals surface area contributed by atoms with Crippen molar-refractivity contribution in [3.8, 4) is 0 Å². The molecular weight excluding hydrogens is 265 g/mol. The van der Waals surface area contributed by atoms with Gasteiger partial charge in [-0.15, -0.1) is 0 Å². The summed E-state index contributed by atoms with van der Waals surface area (Å²) in [7, 11) is -2.29. The summed E-state index contributed by atoms with van der Waals surface area (Å²) in [5, 5.41) is 0. The summed E-state index contributed by atoms with van der Waals surface area (Å²) in [6, 6.07) is 12.6. The van der Waals surface area contributed by atoms with Gasteiger partial charge >= 0.3 is 0 Å². The number of para-hydroxylation sites is 1. The maximum absolute atomic E-state index is 13.5. The molecule has 19 heavy (non-hydrogen) atoms. The van der Waals surface area contributed by atoms with E-state index in [0.29, 0.717) is 11.3 Å². The van der Waals surface area contributed by atoms with Crippen LogP contribution in [0.4, 0.5) is 10.1 Å². The second kappa shape index (κ2) is 5.01. The molecule has 0 N–H and O–H groups in total. The lowest BCUT2D eigenvalue weighted by Crippen LogP contribution is -2.26. The molecule has 0 bridgehead atoms. The maximum atomic E-state index is 13.5. The molecule has 0 aromatic heterocycles. The zero-order valence-electron chi connectivity index (χ0n) is 10.7. The van der Waals surface area contributed by atoms with Gasteiger partial charge in [-0.2, -0.15) is 0 Å². The van der Waals surface area contributed by atoms with Crippen LogP contribution >= 0.6 is 0 Å². The fourth-order valence-corrected chi connectivity index (χ4v) is 2.88. The Labute approximate surface area is 112 Å². The Morgan fingerprint density at radius 1 is 1.05 bits per heavy atom. The standard InChI is InChI=1S/C14H14FNO2S/c1-11-8-9-13(10-14(11)15)19(17,18)16(2)12-6-4-3-5-7-12/h3-10H,1-2H3. The first-order valence-electron chi connectivity index (χ1n) is 5.73. The van der Waals surface area contributed by atoms with Crippen molar-refractivity contribution in [3.05, 3.63) is 59.9 Å². The Morgan fingerprint density at radius 2 is 1.68 bits per heavy atom. The molecule has 0 unspecified atom stereocenters. The average molecular weight is 279 g/mol. The highest BCUT2D eigenvalue weighted by Gasteiger charge is 2.21. The predicted octanol–water partition coefficient (Wildman–Crippen LogP) is 2.96. The summed E-state index contributed by atoms with van der Waals surface area (Å²) in [6.07, 6.45) is 0. The van der Waals surface area contributed by atoms with Gasteiger partial charge in [0.1, 0.15) is 5.82 Å². The van der Waals surface area contributed by atoms with Crippen LogP contribution in [0.3, 0.4) is 0 Å². The molecule has 0 aliphatic carbocycles. The molecule has 0 atom stereocenters. The van der Waals surface area contributed by atoms with Crippen LogP contribution in [0.1, 0.15) is 5.56 Å². The van der Waals surface area contributed by atoms with Crippen molar-refractivity contribution in [2.24, 2.45) is 0 Å². The molecule has 0 aliphatic heterocycles. The predicted molar refractivity (Wildman–Crippen MR) is 73.2 cm³/mol. The SMILES string of the molecule is Cc1ccc(S(=O)(=O)N(C)c2ccccc2)cc1F. The van der Waals surface area contributed by atoms with Gasteiger partial charge in [-0.3, -0.25) is 4.31 Å². The fraction of sp³-hybridized carbons (Fsp3) is 0.143. The number of aryl methyl sites for hydroxylation is 1. The van der Waals surface area contributed by atoms with E-state index in [1.165, 1.54) is 19.2 Å². The third kappa shape index (κ3) is 2.61. The topological polar surface area (TPSA) is 37.4 Å². The van der Waals surface area contributed by atoms with E-state index >= 15 is 0 Å². The molecular formula is C14H14FNO2S. The smallest absolute Gasteiger partial charge is 0.264 e. The van der Waals surface area contributed by atoms with Crippen LogP contribution in [0.25, 0.3) is 0 Å². The van der Waals surface area contributed by atoms with Gasteiger partial charge in [0.15, 0.2) is 0 Å². The number of nitrogens with zero attached hydrogens (tertiary/aromatic N) is 1. The highest BCUT2D eigenvalue weighted by molar-refractivity contribution is 7.92. The fourth-order valence-electron chi connectivity index (χ4n) is 1.67. The summed E-state index contributed by atoms with van der Waals surface area (Å²) in [4.78, 5) is -0.0537. The van der Waals surface area contributed by atoms with Gasteiger partial charge in [-0.05, 0) is 36.8 Å². The molecule has 5 heteroatoms. The number of sulfonamides is 1. The Balaban J connectivity index is 2.45. The van der Waals surface area contributed by atoms with Gasteiger partial charge in [0.05, 0.1) is 10.6 Å². The van der Waals surface area contributed by atoms with Crippen molar-refractivity contribution < 1.29 is 12.8 Å². The van der Waals surface area contributed by atoms with E-state index in [0.717, 1.165) is 10.4 Å². The molecule has 0 amide bonds. The number of benzene rings is 2. The number of halogens is 1. The normalized spacial score (nSPS) is 11.3. The summed E-state index contributed by atoms with van der Waals surface area (Å²) >= 11 is 0. The van der Waals surface area contributed by atoms with Gasteiger partial charge in [0.2, 0.25) is 0 Å². The molecule has 0 fully saturated rings. The van der Waals surface area contributed by atoms with Crippen molar-refractivity contribution in [3.63, 3.8) is 0 Å². The lowest BCUT2D eigenvalue weighted by molar-refractivity contribution is 0.587. The third-order valence-corrected chi connectivity index (χ3v) is 4.70. The third-order valence-electron chi connectivity index (χ3n) is 2.92. The first kappa shape index (κ1) is 13.5. The van der Waals surface area contributed by atoms with Crippen LogP contribution in [-0.4, -0.2) is 15.5 Å². The highest BCUT2D eigenvalue weighted by atomic mass is 32.2. The first-order valence-corrected chi connectivity index (χ1v) is 7.17. The van der Waals surface area contributed by atoms with Crippen LogP contribution in [0, 0.1) is 12.7 Å². The Morgan fingerprint density at radius 3 is 2.26 bits per heavy atom. The minimum Gasteiger partial charge on any atom is -0.269 e. The zero-order chi connectivity index (χ0) is 14.0. The molecule has 2 aromatic rings. The molecule has 0 saturated heterocycles.